The molecule has 6 heteroatoms. The standard InChI is InChI=1S/C17H28N4O2/c1-13(2)12-21-8-5-15(6-9-21)20-17(22)19-11-14-4-7-18-16(10-14)23-3/h4,7,10,13,15H,5-6,8-9,11-12H2,1-3H3,(H2,19,20,22). The Morgan fingerprint density at radius 3 is 2.83 bits per heavy atom. The lowest BCUT2D eigenvalue weighted by molar-refractivity contribution is 0.178. The second-order valence-electron chi connectivity index (χ2n) is 6.50. The van der Waals surface area contributed by atoms with E-state index >= 15 is 0 Å². The van der Waals surface area contributed by atoms with Gasteiger partial charge < -0.3 is 20.3 Å². The van der Waals surface area contributed by atoms with Gasteiger partial charge in [-0.1, -0.05) is 13.8 Å². The lowest BCUT2D eigenvalue weighted by atomic mass is 10.0. The first kappa shape index (κ1) is 17.5. The number of amides is 2. The molecule has 0 radical (unpaired) electrons. The number of ether oxygens (including phenoxy) is 1. The van der Waals surface area contributed by atoms with E-state index in [-0.39, 0.29) is 12.1 Å². The summed E-state index contributed by atoms with van der Waals surface area (Å²) in [5.41, 5.74) is 0.971. The zero-order valence-corrected chi connectivity index (χ0v) is 14.3. The second kappa shape index (κ2) is 8.72. The fourth-order valence-corrected chi connectivity index (χ4v) is 2.87. The normalized spacial score (nSPS) is 16.3. The number of carbonyl (C=O) groups is 1. The smallest absolute Gasteiger partial charge is 0.315 e. The van der Waals surface area contributed by atoms with Crippen LogP contribution in [0.5, 0.6) is 5.88 Å². The van der Waals surface area contributed by atoms with E-state index in [0.29, 0.717) is 18.3 Å². The largest absolute Gasteiger partial charge is 0.481 e. The molecule has 2 rings (SSSR count). The van der Waals surface area contributed by atoms with Gasteiger partial charge >= 0.3 is 6.03 Å². The molecule has 1 aromatic heterocycles. The number of pyridine rings is 1. The Morgan fingerprint density at radius 1 is 1.43 bits per heavy atom. The molecule has 2 amide bonds. The summed E-state index contributed by atoms with van der Waals surface area (Å²) in [6.45, 7) is 8.22. The zero-order chi connectivity index (χ0) is 16.7. The van der Waals surface area contributed by atoms with Crippen LogP contribution in [0.25, 0.3) is 0 Å². The third-order valence-electron chi connectivity index (χ3n) is 4.01. The Kier molecular flexibility index (Phi) is 6.65. The highest BCUT2D eigenvalue weighted by Crippen LogP contribution is 2.12. The van der Waals surface area contributed by atoms with E-state index < -0.39 is 0 Å². The summed E-state index contributed by atoms with van der Waals surface area (Å²) in [6.07, 6.45) is 3.71. The summed E-state index contributed by atoms with van der Waals surface area (Å²) in [6, 6.07) is 3.85. The number of nitrogens with one attached hydrogen (secondary N) is 2. The van der Waals surface area contributed by atoms with Crippen LogP contribution in [-0.4, -0.2) is 48.7 Å². The molecule has 1 saturated heterocycles. The Balaban J connectivity index is 1.69. The van der Waals surface area contributed by atoms with Crippen molar-refractivity contribution < 1.29 is 9.53 Å². The van der Waals surface area contributed by atoms with Crippen molar-refractivity contribution in [3.05, 3.63) is 23.9 Å². The average molecular weight is 320 g/mol. The van der Waals surface area contributed by atoms with Crippen molar-refractivity contribution in [2.24, 2.45) is 5.92 Å². The summed E-state index contributed by atoms with van der Waals surface area (Å²) in [7, 11) is 1.58. The van der Waals surface area contributed by atoms with Crippen LogP contribution >= 0.6 is 0 Å². The summed E-state index contributed by atoms with van der Waals surface area (Å²) in [5.74, 6) is 1.25. The molecule has 0 aromatic carbocycles. The van der Waals surface area contributed by atoms with Crippen LogP contribution in [0.1, 0.15) is 32.3 Å². The first-order valence-electron chi connectivity index (χ1n) is 8.32. The third-order valence-corrected chi connectivity index (χ3v) is 4.01. The van der Waals surface area contributed by atoms with Crippen molar-refractivity contribution in [2.75, 3.05) is 26.7 Å². The van der Waals surface area contributed by atoms with Gasteiger partial charge in [0.2, 0.25) is 5.88 Å². The van der Waals surface area contributed by atoms with E-state index in [1.54, 1.807) is 13.3 Å². The van der Waals surface area contributed by atoms with E-state index in [9.17, 15) is 4.79 Å². The molecule has 0 atom stereocenters. The number of aromatic nitrogens is 1. The number of likely N-dealkylation sites (tertiary alicyclic amines) is 1. The Labute approximate surface area is 138 Å². The van der Waals surface area contributed by atoms with Crippen molar-refractivity contribution in [3.8, 4) is 5.88 Å². The minimum absolute atomic E-state index is 0.108. The summed E-state index contributed by atoms with van der Waals surface area (Å²) in [4.78, 5) is 18.5. The quantitative estimate of drug-likeness (QED) is 0.841. The molecule has 0 unspecified atom stereocenters. The van der Waals surface area contributed by atoms with Crippen molar-refractivity contribution in [1.82, 2.24) is 20.5 Å². The highest BCUT2D eigenvalue weighted by molar-refractivity contribution is 5.74. The van der Waals surface area contributed by atoms with Gasteiger partial charge in [0.05, 0.1) is 7.11 Å². The Hall–Kier alpha value is -1.82. The molecule has 0 bridgehead atoms. The van der Waals surface area contributed by atoms with Crippen LogP contribution in [0.2, 0.25) is 0 Å². The predicted molar refractivity (Wildman–Crippen MR) is 90.5 cm³/mol. The highest BCUT2D eigenvalue weighted by Gasteiger charge is 2.20. The topological polar surface area (TPSA) is 66.5 Å². The summed E-state index contributed by atoms with van der Waals surface area (Å²) < 4.78 is 5.08. The molecular weight excluding hydrogens is 292 g/mol. The van der Waals surface area contributed by atoms with E-state index in [1.807, 2.05) is 12.1 Å². The highest BCUT2D eigenvalue weighted by atomic mass is 16.5. The molecule has 2 N–H and O–H groups in total. The molecule has 0 saturated carbocycles. The van der Waals surface area contributed by atoms with E-state index in [4.69, 9.17) is 4.74 Å². The maximum Gasteiger partial charge on any atom is 0.315 e. The minimum atomic E-state index is -0.108. The second-order valence-corrected chi connectivity index (χ2v) is 6.50. The van der Waals surface area contributed by atoms with Gasteiger partial charge in [0.15, 0.2) is 0 Å². The number of piperidine rings is 1. The molecule has 1 aromatic rings. The maximum absolute atomic E-state index is 12.0. The van der Waals surface area contributed by atoms with Gasteiger partial charge in [-0.3, -0.25) is 0 Å². The van der Waals surface area contributed by atoms with Crippen LogP contribution in [0.4, 0.5) is 4.79 Å². The lowest BCUT2D eigenvalue weighted by Gasteiger charge is -2.33. The molecule has 0 spiro atoms. The first-order valence-corrected chi connectivity index (χ1v) is 8.32. The third kappa shape index (κ3) is 6.06. The van der Waals surface area contributed by atoms with Crippen molar-refractivity contribution >= 4 is 6.03 Å². The molecule has 1 aliphatic heterocycles. The van der Waals surface area contributed by atoms with Gasteiger partial charge in [-0.15, -0.1) is 0 Å². The van der Waals surface area contributed by atoms with Crippen LogP contribution in [0, 0.1) is 5.92 Å². The maximum atomic E-state index is 12.0. The molecule has 1 aliphatic rings. The Bertz CT molecular complexity index is 499. The Morgan fingerprint density at radius 2 is 2.17 bits per heavy atom. The number of hydrogen-bond donors (Lipinski definition) is 2. The SMILES string of the molecule is COc1cc(CNC(=O)NC2CCN(CC(C)C)CC2)ccn1. The first-order chi connectivity index (χ1) is 11.1. The monoisotopic (exact) mass is 320 g/mol. The summed E-state index contributed by atoms with van der Waals surface area (Å²) >= 11 is 0. The molecule has 23 heavy (non-hydrogen) atoms. The predicted octanol–water partition coefficient (Wildman–Crippen LogP) is 2.01. The van der Waals surface area contributed by atoms with Gasteiger partial charge in [-0.05, 0) is 30.4 Å². The molecule has 0 aliphatic carbocycles. The molecule has 1 fully saturated rings. The van der Waals surface area contributed by atoms with Crippen molar-refractivity contribution in [1.29, 1.82) is 0 Å². The van der Waals surface area contributed by atoms with E-state index in [1.165, 1.54) is 0 Å². The van der Waals surface area contributed by atoms with Crippen LogP contribution in [0.3, 0.4) is 0 Å². The number of hydrogen-bond acceptors (Lipinski definition) is 4. The summed E-state index contributed by atoms with van der Waals surface area (Å²) in [5, 5.41) is 5.96. The number of methoxy groups -OCH3 is 1. The van der Waals surface area contributed by atoms with Crippen molar-refractivity contribution in [2.45, 2.75) is 39.3 Å². The van der Waals surface area contributed by atoms with Crippen LogP contribution in [0.15, 0.2) is 18.3 Å². The number of carbonyl (C=O) groups excluding carboxylic acids is 1. The van der Waals surface area contributed by atoms with E-state index in [2.05, 4.69) is 34.4 Å². The minimum Gasteiger partial charge on any atom is -0.481 e. The zero-order valence-electron chi connectivity index (χ0n) is 14.3. The molecule has 2 heterocycles. The lowest BCUT2D eigenvalue weighted by Crippen LogP contribution is -2.48. The van der Waals surface area contributed by atoms with Crippen molar-refractivity contribution in [3.63, 3.8) is 0 Å². The average Bonchev–Trinajstić information content (AvgIpc) is 2.54. The van der Waals surface area contributed by atoms with Crippen LogP contribution < -0.4 is 15.4 Å². The van der Waals surface area contributed by atoms with Gasteiger partial charge in [0.1, 0.15) is 0 Å². The number of urea groups is 1. The van der Waals surface area contributed by atoms with Gasteiger partial charge in [0.25, 0.3) is 0 Å². The fraction of sp³-hybridized carbons (Fsp3) is 0.647. The van der Waals surface area contributed by atoms with Crippen LogP contribution in [-0.2, 0) is 6.54 Å². The molecule has 6 nitrogen and oxygen atoms in total. The molecule has 128 valence electrons. The van der Waals surface area contributed by atoms with Gasteiger partial charge in [-0.25, -0.2) is 9.78 Å². The number of nitrogens with zero attached hydrogens (tertiary/aromatic N) is 2. The van der Waals surface area contributed by atoms with E-state index in [0.717, 1.165) is 38.0 Å². The van der Waals surface area contributed by atoms with Gasteiger partial charge in [0, 0.05) is 44.5 Å². The molecular formula is C17H28N4O2. The fourth-order valence-electron chi connectivity index (χ4n) is 2.87. The van der Waals surface area contributed by atoms with Gasteiger partial charge in [-0.2, -0.15) is 0 Å². The number of rotatable bonds is 6.